The predicted molar refractivity (Wildman–Crippen MR) is 107 cm³/mol. The quantitative estimate of drug-likeness (QED) is 0.796. The summed E-state index contributed by atoms with van der Waals surface area (Å²) >= 11 is 0. The van der Waals surface area contributed by atoms with E-state index in [1.165, 1.54) is 17.4 Å². The lowest BCUT2D eigenvalue weighted by Crippen LogP contribution is -2.44. The Labute approximate surface area is 163 Å². The third-order valence-electron chi connectivity index (χ3n) is 6.07. The van der Waals surface area contributed by atoms with Gasteiger partial charge in [0, 0.05) is 32.6 Å². The largest absolute Gasteiger partial charge is 0.355 e. The van der Waals surface area contributed by atoms with Crippen molar-refractivity contribution >= 4 is 15.9 Å². The molecule has 0 radical (unpaired) electrons. The van der Waals surface area contributed by atoms with Crippen molar-refractivity contribution in [2.75, 3.05) is 46.5 Å². The maximum absolute atomic E-state index is 12.4. The number of likely N-dealkylation sites (N-methyl/N-ethyl adjacent to an activating group) is 1. The molecule has 1 saturated heterocycles. The summed E-state index contributed by atoms with van der Waals surface area (Å²) in [5, 5.41) is 3.02. The van der Waals surface area contributed by atoms with Crippen molar-refractivity contribution < 1.29 is 13.2 Å². The van der Waals surface area contributed by atoms with Crippen molar-refractivity contribution in [2.24, 2.45) is 0 Å². The van der Waals surface area contributed by atoms with E-state index in [0.717, 1.165) is 25.8 Å². The van der Waals surface area contributed by atoms with Gasteiger partial charge in [0.05, 0.1) is 6.26 Å². The summed E-state index contributed by atoms with van der Waals surface area (Å²) in [5.74, 6) is 0.313. The Morgan fingerprint density at radius 1 is 1.26 bits per heavy atom. The Hall–Kier alpha value is -1.44. The monoisotopic (exact) mass is 393 g/mol. The van der Waals surface area contributed by atoms with E-state index in [1.54, 1.807) is 4.31 Å². The van der Waals surface area contributed by atoms with Gasteiger partial charge in [-0.2, -0.15) is 0 Å². The maximum Gasteiger partial charge on any atom is 0.220 e. The molecule has 1 fully saturated rings. The van der Waals surface area contributed by atoms with E-state index < -0.39 is 10.0 Å². The third kappa shape index (κ3) is 4.52. The van der Waals surface area contributed by atoms with Crippen molar-refractivity contribution in [1.82, 2.24) is 14.5 Å². The summed E-state index contributed by atoms with van der Waals surface area (Å²) in [4.78, 5) is 14.5. The fourth-order valence-electron chi connectivity index (χ4n) is 4.64. The summed E-state index contributed by atoms with van der Waals surface area (Å²) in [7, 11) is 0.850. The van der Waals surface area contributed by atoms with Gasteiger partial charge in [-0.25, -0.2) is 12.7 Å². The average Bonchev–Trinajstić information content (AvgIpc) is 2.88. The third-order valence-corrected chi connectivity index (χ3v) is 7.37. The van der Waals surface area contributed by atoms with Crippen LogP contribution in [0.2, 0.25) is 0 Å². The van der Waals surface area contributed by atoms with E-state index in [0.29, 0.717) is 26.1 Å². The molecule has 0 aromatic heterocycles. The molecule has 1 aromatic rings. The van der Waals surface area contributed by atoms with E-state index in [4.69, 9.17) is 0 Å². The number of carbonyl (C=O) groups is 1. The van der Waals surface area contributed by atoms with Crippen LogP contribution in [0, 0.1) is 0 Å². The summed E-state index contributed by atoms with van der Waals surface area (Å²) in [5.41, 5.74) is 2.60. The Morgan fingerprint density at radius 3 is 2.56 bits per heavy atom. The molecule has 3 rings (SSSR count). The first kappa shape index (κ1) is 20.3. The zero-order valence-electron chi connectivity index (χ0n) is 16.6. The van der Waals surface area contributed by atoms with Gasteiger partial charge in [0.15, 0.2) is 0 Å². The zero-order chi connectivity index (χ0) is 19.7. The molecular weight excluding hydrogens is 362 g/mol. The smallest absolute Gasteiger partial charge is 0.220 e. The zero-order valence-corrected chi connectivity index (χ0v) is 17.4. The summed E-state index contributed by atoms with van der Waals surface area (Å²) < 4.78 is 25.3. The highest BCUT2D eigenvalue weighted by molar-refractivity contribution is 7.88. The number of carbonyl (C=O) groups excluding carboxylic acids is 1. The van der Waals surface area contributed by atoms with Gasteiger partial charge in [0.1, 0.15) is 0 Å². The van der Waals surface area contributed by atoms with Crippen LogP contribution in [0.25, 0.3) is 0 Å². The predicted octanol–water partition coefficient (Wildman–Crippen LogP) is 1.54. The normalized spacial score (nSPS) is 22.1. The first-order valence-electron chi connectivity index (χ1n) is 9.67. The van der Waals surface area contributed by atoms with Crippen molar-refractivity contribution in [2.45, 2.75) is 37.0 Å². The first-order chi connectivity index (χ1) is 12.7. The molecule has 1 aliphatic heterocycles. The summed E-state index contributed by atoms with van der Waals surface area (Å²) in [6, 6.07) is 8.42. The number of sulfonamides is 1. The second kappa shape index (κ2) is 7.89. The van der Waals surface area contributed by atoms with Crippen molar-refractivity contribution in [3.63, 3.8) is 0 Å². The number of nitrogens with one attached hydrogen (secondary N) is 1. The molecule has 1 aliphatic carbocycles. The number of amides is 1. The van der Waals surface area contributed by atoms with Crippen molar-refractivity contribution in [1.29, 1.82) is 0 Å². The number of hydrogen-bond acceptors (Lipinski definition) is 4. The summed E-state index contributed by atoms with van der Waals surface area (Å²) in [6.07, 6.45) is 4.38. The standard InChI is InChI=1S/C20H31N3O3S/c1-22(2)13-10-21-19(24)14-16-15-20(18-7-5-4-6-17(16)18)8-11-23(12-9-20)27(3,25)26/h4-7,16H,8-15H2,1-3H3,(H,21,24)/t16-/m0/s1. The van der Waals surface area contributed by atoms with Gasteiger partial charge in [-0.1, -0.05) is 24.3 Å². The van der Waals surface area contributed by atoms with E-state index >= 15 is 0 Å². The van der Waals surface area contributed by atoms with Gasteiger partial charge in [-0.05, 0) is 55.8 Å². The Balaban J connectivity index is 1.70. The van der Waals surface area contributed by atoms with Gasteiger partial charge in [0.25, 0.3) is 0 Å². The van der Waals surface area contributed by atoms with Crippen LogP contribution >= 0.6 is 0 Å². The van der Waals surface area contributed by atoms with E-state index in [-0.39, 0.29) is 17.2 Å². The number of rotatable bonds is 6. The highest BCUT2D eigenvalue weighted by atomic mass is 32.2. The van der Waals surface area contributed by atoms with Crippen molar-refractivity contribution in [3.8, 4) is 0 Å². The van der Waals surface area contributed by atoms with E-state index in [1.807, 2.05) is 20.2 Å². The molecule has 1 heterocycles. The molecule has 1 amide bonds. The maximum atomic E-state index is 12.4. The number of nitrogens with zero attached hydrogens (tertiary/aromatic N) is 2. The minimum absolute atomic E-state index is 0.00632. The molecule has 27 heavy (non-hydrogen) atoms. The molecule has 150 valence electrons. The van der Waals surface area contributed by atoms with Crippen LogP contribution in [0.1, 0.15) is 42.7 Å². The number of benzene rings is 1. The van der Waals surface area contributed by atoms with Gasteiger partial charge in [0.2, 0.25) is 15.9 Å². The molecular formula is C20H31N3O3S. The molecule has 0 unspecified atom stereocenters. The lowest BCUT2D eigenvalue weighted by atomic mass is 9.73. The SMILES string of the molecule is CN(C)CCNC(=O)C[C@H]1CC2(CCN(S(C)(=O)=O)CC2)c2ccccc21. The average molecular weight is 394 g/mol. The van der Waals surface area contributed by atoms with Crippen LogP contribution in [0.5, 0.6) is 0 Å². The fourth-order valence-corrected chi connectivity index (χ4v) is 5.49. The van der Waals surface area contributed by atoms with Gasteiger partial charge in [-0.15, -0.1) is 0 Å². The molecule has 0 bridgehead atoms. The Bertz CT molecular complexity index is 783. The number of fused-ring (bicyclic) bond motifs is 2. The van der Waals surface area contributed by atoms with Crippen LogP contribution in [-0.4, -0.2) is 70.1 Å². The van der Waals surface area contributed by atoms with Crippen LogP contribution in [0.3, 0.4) is 0 Å². The van der Waals surface area contributed by atoms with Gasteiger partial charge < -0.3 is 10.2 Å². The van der Waals surface area contributed by atoms with E-state index in [9.17, 15) is 13.2 Å². The molecule has 6 nitrogen and oxygen atoms in total. The fraction of sp³-hybridized carbons (Fsp3) is 0.650. The van der Waals surface area contributed by atoms with E-state index in [2.05, 4.69) is 28.4 Å². The first-order valence-corrected chi connectivity index (χ1v) is 11.5. The topological polar surface area (TPSA) is 69.7 Å². The van der Waals surface area contributed by atoms with Crippen LogP contribution < -0.4 is 5.32 Å². The van der Waals surface area contributed by atoms with Gasteiger partial charge in [-0.3, -0.25) is 4.79 Å². The minimum atomic E-state index is -3.13. The Morgan fingerprint density at radius 2 is 1.93 bits per heavy atom. The second-order valence-electron chi connectivity index (χ2n) is 8.29. The molecule has 7 heteroatoms. The van der Waals surface area contributed by atoms with Gasteiger partial charge >= 0.3 is 0 Å². The van der Waals surface area contributed by atoms with Crippen LogP contribution in [0.15, 0.2) is 24.3 Å². The number of hydrogen-bond donors (Lipinski definition) is 1. The Kier molecular flexibility index (Phi) is 5.93. The van der Waals surface area contributed by atoms with Crippen LogP contribution in [0.4, 0.5) is 0 Å². The van der Waals surface area contributed by atoms with Crippen molar-refractivity contribution in [3.05, 3.63) is 35.4 Å². The molecule has 0 saturated carbocycles. The highest BCUT2D eigenvalue weighted by Crippen LogP contribution is 2.52. The molecule has 2 aliphatic rings. The molecule has 1 atom stereocenters. The molecule has 1 aromatic carbocycles. The van der Waals surface area contributed by atoms with Crippen LogP contribution in [-0.2, 0) is 20.2 Å². The summed E-state index contributed by atoms with van der Waals surface area (Å²) in [6.45, 7) is 2.62. The lowest BCUT2D eigenvalue weighted by Gasteiger charge is -2.39. The second-order valence-corrected chi connectivity index (χ2v) is 10.3. The lowest BCUT2D eigenvalue weighted by molar-refractivity contribution is -0.121. The molecule has 1 N–H and O–H groups in total. The number of piperidine rings is 1. The highest BCUT2D eigenvalue weighted by Gasteiger charge is 2.46. The minimum Gasteiger partial charge on any atom is -0.355 e. The molecule has 1 spiro atoms.